The van der Waals surface area contributed by atoms with Gasteiger partial charge in [-0.15, -0.1) is 22.7 Å². The van der Waals surface area contributed by atoms with Crippen molar-refractivity contribution < 1.29 is 0 Å². The van der Waals surface area contributed by atoms with E-state index >= 15 is 0 Å². The fourth-order valence-corrected chi connectivity index (χ4v) is 15.8. The minimum absolute atomic E-state index is 0.570. The van der Waals surface area contributed by atoms with Gasteiger partial charge in [0.15, 0.2) is 11.6 Å². The maximum absolute atomic E-state index is 5.24. The molecule has 10 nitrogen and oxygen atoms in total. The van der Waals surface area contributed by atoms with Crippen molar-refractivity contribution in [1.29, 1.82) is 0 Å². The van der Waals surface area contributed by atoms with Gasteiger partial charge >= 0.3 is 0 Å². The van der Waals surface area contributed by atoms with Crippen LogP contribution in [0.1, 0.15) is 0 Å². The van der Waals surface area contributed by atoms with Crippen LogP contribution in [0, 0.1) is 0 Å². The second kappa shape index (κ2) is 24.9. The van der Waals surface area contributed by atoms with Crippen LogP contribution in [0.2, 0.25) is 0 Å². The summed E-state index contributed by atoms with van der Waals surface area (Å²) in [5, 5.41) is 7.41. The smallest absolute Gasteiger partial charge is 0.238 e. The van der Waals surface area contributed by atoms with Gasteiger partial charge in [-0.25, -0.2) is 9.97 Å². The van der Waals surface area contributed by atoms with Crippen molar-refractivity contribution in [3.05, 3.63) is 329 Å². The summed E-state index contributed by atoms with van der Waals surface area (Å²) in [7, 11) is 0. The molecule has 10 heterocycles. The first-order chi connectivity index (χ1) is 48.6. The summed E-state index contributed by atoms with van der Waals surface area (Å²) >= 11 is 3.70. The largest absolute Gasteiger partial charge is 0.309 e. The van der Waals surface area contributed by atoms with Crippen molar-refractivity contribution >= 4 is 86.5 Å². The Morgan fingerprint density at radius 1 is 0.245 bits per heavy atom. The van der Waals surface area contributed by atoms with Gasteiger partial charge in [-0.2, -0.15) is 9.97 Å². The van der Waals surface area contributed by atoms with Gasteiger partial charge in [0.1, 0.15) is 0 Å². The number of nitrogens with zero attached hydrogens (tertiary/aromatic N) is 10. The second-order valence-corrected chi connectivity index (χ2v) is 26.1. The molecule has 0 fully saturated rings. The molecule has 19 rings (SSSR count). The number of hydrogen-bond acceptors (Lipinski definition) is 10. The molecule has 0 bridgehead atoms. The molecular formula is C86H54N10S2. The Balaban J connectivity index is 0.000000143. The minimum atomic E-state index is 0.570. The minimum Gasteiger partial charge on any atom is -0.309 e. The van der Waals surface area contributed by atoms with Gasteiger partial charge in [0, 0.05) is 118 Å². The maximum Gasteiger partial charge on any atom is 0.238 e. The van der Waals surface area contributed by atoms with Crippen LogP contribution < -0.4 is 0 Å². The van der Waals surface area contributed by atoms with E-state index in [1.165, 1.54) is 73.6 Å². The van der Waals surface area contributed by atoms with E-state index in [2.05, 4.69) is 260 Å². The first kappa shape index (κ1) is 57.9. The molecule has 0 atom stereocenters. The summed E-state index contributed by atoms with van der Waals surface area (Å²) in [6.45, 7) is 0. The lowest BCUT2D eigenvalue weighted by atomic mass is 9.98. The van der Waals surface area contributed by atoms with Gasteiger partial charge in [-0.05, 0) is 164 Å². The summed E-state index contributed by atoms with van der Waals surface area (Å²) in [6, 6.07) is 98.3. The number of para-hydroxylation sites is 2. The van der Waals surface area contributed by atoms with E-state index in [0.717, 1.165) is 83.7 Å². The summed E-state index contributed by atoms with van der Waals surface area (Å²) in [4.78, 5) is 39.7. The van der Waals surface area contributed by atoms with Crippen molar-refractivity contribution in [2.24, 2.45) is 0 Å². The SMILES string of the molecule is c1ccc(-c2cc3ccc4c(c5ccccc5n4-c4cccc(-c5cc(-c6ccc(-c7ccncc7)cc6)cc(-c6ccncc6)n5)c4)c3s2)cc1.c1ccc(-c2cc3ccc4c(c5ccccc5n4-c4nc(-c5ccncc5)nc(-c5ccc(-c6ccncc6)cc5)n4)c3s2)cc1. The Labute approximate surface area is 571 Å². The van der Waals surface area contributed by atoms with Gasteiger partial charge in [-0.3, -0.25) is 24.5 Å². The Hall–Kier alpha value is -12.7. The molecule has 10 aromatic heterocycles. The van der Waals surface area contributed by atoms with Crippen LogP contribution in [0.3, 0.4) is 0 Å². The van der Waals surface area contributed by atoms with Crippen LogP contribution in [0.15, 0.2) is 329 Å². The molecule has 0 unspecified atom stereocenters. The normalized spacial score (nSPS) is 11.5. The molecule has 0 spiro atoms. The number of hydrogen-bond donors (Lipinski definition) is 0. The first-order valence-electron chi connectivity index (χ1n) is 32.3. The molecule has 19 aromatic rings. The summed E-state index contributed by atoms with van der Waals surface area (Å²) in [6.07, 6.45) is 14.4. The maximum atomic E-state index is 5.24. The van der Waals surface area contributed by atoms with E-state index in [-0.39, 0.29) is 0 Å². The number of rotatable bonds is 11. The Morgan fingerprint density at radius 3 is 1.16 bits per heavy atom. The van der Waals surface area contributed by atoms with Crippen LogP contribution in [-0.2, 0) is 0 Å². The van der Waals surface area contributed by atoms with Crippen molar-refractivity contribution in [1.82, 2.24) is 49.0 Å². The molecule has 460 valence electrons. The van der Waals surface area contributed by atoms with Crippen molar-refractivity contribution in [3.8, 4) is 111 Å². The molecule has 98 heavy (non-hydrogen) atoms. The number of fused-ring (bicyclic) bond motifs is 10. The Kier molecular flexibility index (Phi) is 14.7. The third kappa shape index (κ3) is 10.7. The predicted molar refractivity (Wildman–Crippen MR) is 404 cm³/mol. The van der Waals surface area contributed by atoms with Crippen LogP contribution in [0.4, 0.5) is 0 Å². The van der Waals surface area contributed by atoms with E-state index in [1.54, 1.807) is 24.8 Å². The van der Waals surface area contributed by atoms with Gasteiger partial charge in [0.2, 0.25) is 5.95 Å². The lowest BCUT2D eigenvalue weighted by Gasteiger charge is -2.13. The average Bonchev–Trinajstić information content (AvgIpc) is 1.57. The highest BCUT2D eigenvalue weighted by Crippen LogP contribution is 2.45. The number of pyridine rings is 5. The van der Waals surface area contributed by atoms with E-state index in [4.69, 9.17) is 19.9 Å². The first-order valence-corrected chi connectivity index (χ1v) is 33.9. The molecule has 0 amide bonds. The molecular weight excluding hydrogens is 1240 g/mol. The summed E-state index contributed by atoms with van der Waals surface area (Å²) < 4.78 is 7.14. The van der Waals surface area contributed by atoms with Gasteiger partial charge in [0.05, 0.1) is 33.5 Å². The van der Waals surface area contributed by atoms with Crippen molar-refractivity contribution in [2.45, 2.75) is 0 Å². The monoisotopic (exact) mass is 1290 g/mol. The van der Waals surface area contributed by atoms with Crippen molar-refractivity contribution in [3.63, 3.8) is 0 Å². The summed E-state index contributed by atoms with van der Waals surface area (Å²) in [5.74, 6) is 1.77. The lowest BCUT2D eigenvalue weighted by molar-refractivity contribution is 0.953. The quantitative estimate of drug-likeness (QED) is 0.126. The van der Waals surface area contributed by atoms with Gasteiger partial charge in [0.25, 0.3) is 0 Å². The zero-order chi connectivity index (χ0) is 64.9. The predicted octanol–water partition coefficient (Wildman–Crippen LogP) is 22.2. The highest BCUT2D eigenvalue weighted by molar-refractivity contribution is 7.23. The lowest BCUT2D eigenvalue weighted by Crippen LogP contribution is -2.06. The molecule has 0 N–H and O–H groups in total. The topological polar surface area (TPSA) is 113 Å². The van der Waals surface area contributed by atoms with Gasteiger partial charge in [-0.1, -0.05) is 170 Å². The molecule has 0 saturated carbocycles. The highest BCUT2D eigenvalue weighted by Gasteiger charge is 2.22. The molecule has 0 radical (unpaired) electrons. The molecule has 12 heteroatoms. The average molecular weight is 1290 g/mol. The third-order valence-corrected chi connectivity index (χ3v) is 20.5. The molecule has 0 saturated heterocycles. The third-order valence-electron chi connectivity index (χ3n) is 18.1. The molecule has 9 aromatic carbocycles. The number of thiophene rings is 2. The zero-order valence-corrected chi connectivity index (χ0v) is 54.1. The zero-order valence-electron chi connectivity index (χ0n) is 52.5. The van der Waals surface area contributed by atoms with Crippen LogP contribution in [0.5, 0.6) is 0 Å². The van der Waals surface area contributed by atoms with E-state index in [0.29, 0.717) is 17.6 Å². The van der Waals surface area contributed by atoms with E-state index in [1.807, 2.05) is 96.0 Å². The standard InChI is InChI=1S/C47H30N4S.C39H24N6S/c1-2-7-35(8-3-1)45-30-37-17-18-44-46(47(37)52-45)40-11-4-5-12-43(40)51(44)39-10-6-9-36(27-39)42-29-38(28-41(50-42)34-21-25-49-26-22-34)32-15-13-31(14-16-32)33-19-23-48-24-20-33;1-2-6-27(7-3-1)34-24-30-14-15-33-35(36(30)46-34)31-8-4-5-9-32(31)45(33)39-43-37(42-38(44-39)29-18-22-41-23-19-29)28-12-10-25(11-13-28)26-16-20-40-21-17-26/h1-30H;1-24H. The van der Waals surface area contributed by atoms with Crippen LogP contribution in [0.25, 0.3) is 175 Å². The fourth-order valence-electron chi connectivity index (χ4n) is 13.4. The second-order valence-electron chi connectivity index (χ2n) is 24.0. The van der Waals surface area contributed by atoms with Crippen molar-refractivity contribution in [2.75, 3.05) is 0 Å². The highest BCUT2D eigenvalue weighted by atomic mass is 32.1. The van der Waals surface area contributed by atoms with Crippen LogP contribution >= 0.6 is 22.7 Å². The Bertz CT molecular complexity index is 6140. The van der Waals surface area contributed by atoms with E-state index < -0.39 is 0 Å². The number of aromatic nitrogens is 10. The molecule has 0 aliphatic rings. The molecule has 0 aliphatic carbocycles. The molecule has 0 aliphatic heterocycles. The van der Waals surface area contributed by atoms with E-state index in [9.17, 15) is 0 Å². The van der Waals surface area contributed by atoms with Gasteiger partial charge < -0.3 is 4.57 Å². The summed E-state index contributed by atoms with van der Waals surface area (Å²) in [5.41, 5.74) is 20.5. The Morgan fingerprint density at radius 2 is 0.643 bits per heavy atom. The van der Waals surface area contributed by atoms with Crippen LogP contribution in [-0.4, -0.2) is 49.0 Å². The number of benzene rings is 9. The fraction of sp³-hybridized carbons (Fsp3) is 0.